The Hall–Kier alpha value is -3.84. The highest BCUT2D eigenvalue weighted by molar-refractivity contribution is 5.77. The number of hydrogen-bond acceptors (Lipinski definition) is 8. The van der Waals surface area contributed by atoms with E-state index in [0.717, 1.165) is 16.8 Å². The van der Waals surface area contributed by atoms with E-state index in [-0.39, 0.29) is 6.04 Å². The van der Waals surface area contributed by atoms with Gasteiger partial charge < -0.3 is 10.4 Å². The molecule has 4 heterocycles. The summed E-state index contributed by atoms with van der Waals surface area (Å²) in [6, 6.07) is 5.88. The molecule has 4 aromatic heterocycles. The monoisotopic (exact) mass is 431 g/mol. The molecule has 0 bridgehead atoms. The first-order valence-electron chi connectivity index (χ1n) is 10.4. The van der Waals surface area contributed by atoms with Crippen LogP contribution in [-0.2, 0) is 6.42 Å². The molecule has 1 unspecified atom stereocenters. The van der Waals surface area contributed by atoms with Crippen molar-refractivity contribution in [2.24, 2.45) is 0 Å². The van der Waals surface area contributed by atoms with Gasteiger partial charge in [-0.05, 0) is 33.3 Å². The first-order chi connectivity index (χ1) is 15.3. The van der Waals surface area contributed by atoms with Crippen LogP contribution < -0.4 is 5.32 Å². The van der Waals surface area contributed by atoms with E-state index < -0.39 is 5.60 Å². The molecule has 0 radical (unpaired) electrons. The van der Waals surface area contributed by atoms with Crippen LogP contribution >= 0.6 is 0 Å². The number of anilines is 1. The second-order valence-corrected chi connectivity index (χ2v) is 8.35. The summed E-state index contributed by atoms with van der Waals surface area (Å²) in [7, 11) is 0. The minimum atomic E-state index is -0.832. The predicted molar refractivity (Wildman–Crippen MR) is 120 cm³/mol. The second-order valence-electron chi connectivity index (χ2n) is 8.35. The number of rotatable bonds is 7. The molecule has 0 amide bonds. The number of nitrogens with zero attached hydrogens (tertiary/aromatic N) is 8. The fourth-order valence-electron chi connectivity index (χ4n) is 3.32. The normalized spacial score (nSPS) is 13.3. The highest BCUT2D eigenvalue weighted by Gasteiger charge is 2.21. The molecule has 0 aliphatic carbocycles. The van der Waals surface area contributed by atoms with Gasteiger partial charge in [0.2, 0.25) is 0 Å². The summed E-state index contributed by atoms with van der Waals surface area (Å²) >= 11 is 0. The van der Waals surface area contributed by atoms with Crippen molar-refractivity contribution in [1.29, 1.82) is 5.26 Å². The Balaban J connectivity index is 1.74. The van der Waals surface area contributed by atoms with E-state index in [0.29, 0.717) is 35.6 Å². The van der Waals surface area contributed by atoms with Crippen molar-refractivity contribution < 1.29 is 5.11 Å². The molecule has 10 heteroatoms. The van der Waals surface area contributed by atoms with Crippen LogP contribution in [0.25, 0.3) is 22.5 Å². The van der Waals surface area contributed by atoms with Gasteiger partial charge in [-0.15, -0.1) is 5.10 Å². The van der Waals surface area contributed by atoms with E-state index in [2.05, 4.69) is 36.8 Å². The Kier molecular flexibility index (Phi) is 5.59. The molecule has 164 valence electrons. The summed E-state index contributed by atoms with van der Waals surface area (Å²) < 4.78 is 3.29. The van der Waals surface area contributed by atoms with E-state index >= 15 is 0 Å². The molecule has 1 atom stereocenters. The molecule has 0 spiro atoms. The molecule has 0 aliphatic rings. The lowest BCUT2D eigenvalue weighted by molar-refractivity contribution is 0.0554. The first kappa shape index (κ1) is 21.4. The Morgan fingerprint density at radius 2 is 2.03 bits per heavy atom. The number of aromatic nitrogens is 7. The largest absolute Gasteiger partial charge is 0.390 e. The molecule has 0 saturated heterocycles. The number of fused-ring (bicyclic) bond motifs is 1. The second kappa shape index (κ2) is 8.36. The lowest BCUT2D eigenvalue weighted by Crippen LogP contribution is -2.25. The van der Waals surface area contributed by atoms with Crippen molar-refractivity contribution in [3.63, 3.8) is 0 Å². The third-order valence-electron chi connectivity index (χ3n) is 5.18. The standard InChI is InChI=1S/C22H25N9O/c1-5-22(4,32)8-17-13-30(29-28-17)19-12-24-20(7-18(19)27-14(2)3)31-21-16(11-26-31)6-15(9-23)10-25-21/h6-7,10-14,32H,5,8H2,1-4H3,(H,24,27). The van der Waals surface area contributed by atoms with Crippen molar-refractivity contribution in [2.45, 2.75) is 52.2 Å². The van der Waals surface area contributed by atoms with Gasteiger partial charge in [-0.25, -0.2) is 14.6 Å². The highest BCUT2D eigenvalue weighted by atomic mass is 16.3. The van der Waals surface area contributed by atoms with Gasteiger partial charge in [-0.3, -0.25) is 0 Å². The number of nitrogens with one attached hydrogen (secondary N) is 1. The molecular formula is C22H25N9O. The predicted octanol–water partition coefficient (Wildman–Crippen LogP) is 2.79. The van der Waals surface area contributed by atoms with Gasteiger partial charge in [0.1, 0.15) is 11.8 Å². The van der Waals surface area contributed by atoms with Crippen LogP contribution in [0.2, 0.25) is 0 Å². The Morgan fingerprint density at radius 1 is 1.22 bits per heavy atom. The lowest BCUT2D eigenvalue weighted by atomic mass is 9.98. The molecule has 0 aromatic carbocycles. The number of nitriles is 1. The van der Waals surface area contributed by atoms with Crippen LogP contribution in [0, 0.1) is 11.3 Å². The molecular weight excluding hydrogens is 406 g/mol. The summed E-state index contributed by atoms with van der Waals surface area (Å²) in [6.07, 6.45) is 7.73. The minimum Gasteiger partial charge on any atom is -0.390 e. The molecule has 0 saturated carbocycles. The first-order valence-corrected chi connectivity index (χ1v) is 10.4. The SMILES string of the molecule is CCC(C)(O)Cc1cn(-c2cnc(-n3ncc4cc(C#N)cnc43)cc2NC(C)C)nn1. The molecule has 2 N–H and O–H groups in total. The number of hydrogen-bond donors (Lipinski definition) is 2. The fourth-order valence-corrected chi connectivity index (χ4v) is 3.32. The van der Waals surface area contributed by atoms with Gasteiger partial charge in [-0.1, -0.05) is 12.1 Å². The van der Waals surface area contributed by atoms with Gasteiger partial charge in [0.15, 0.2) is 11.5 Å². The lowest BCUT2D eigenvalue weighted by Gasteiger charge is -2.19. The number of aliphatic hydroxyl groups is 1. The van der Waals surface area contributed by atoms with Gasteiger partial charge in [0.25, 0.3) is 0 Å². The molecule has 0 fully saturated rings. The average molecular weight is 432 g/mol. The maximum atomic E-state index is 10.4. The van der Waals surface area contributed by atoms with Crippen molar-refractivity contribution in [3.05, 3.63) is 48.2 Å². The summed E-state index contributed by atoms with van der Waals surface area (Å²) in [5.74, 6) is 0.582. The van der Waals surface area contributed by atoms with Crippen LogP contribution in [-0.4, -0.2) is 51.5 Å². The van der Waals surface area contributed by atoms with Crippen LogP contribution in [0.15, 0.2) is 36.9 Å². The maximum Gasteiger partial charge on any atom is 0.164 e. The van der Waals surface area contributed by atoms with Gasteiger partial charge >= 0.3 is 0 Å². The van der Waals surface area contributed by atoms with Crippen LogP contribution in [0.1, 0.15) is 45.4 Å². The summed E-state index contributed by atoms with van der Waals surface area (Å²) in [6.45, 7) is 7.82. The van der Waals surface area contributed by atoms with Crippen LogP contribution in [0.3, 0.4) is 0 Å². The van der Waals surface area contributed by atoms with Crippen LogP contribution in [0.5, 0.6) is 0 Å². The minimum absolute atomic E-state index is 0.165. The molecule has 10 nitrogen and oxygen atoms in total. The van der Waals surface area contributed by atoms with Crippen molar-refractivity contribution in [3.8, 4) is 17.6 Å². The highest BCUT2D eigenvalue weighted by Crippen LogP contribution is 2.25. The molecule has 0 aliphatic heterocycles. The molecule has 32 heavy (non-hydrogen) atoms. The quantitative estimate of drug-likeness (QED) is 0.457. The Bertz CT molecular complexity index is 1300. The summed E-state index contributed by atoms with van der Waals surface area (Å²) in [5, 5.41) is 36.5. The maximum absolute atomic E-state index is 10.4. The Labute approximate surface area is 185 Å². The van der Waals surface area contributed by atoms with Crippen LogP contribution in [0.4, 0.5) is 5.69 Å². The van der Waals surface area contributed by atoms with Gasteiger partial charge in [0, 0.05) is 30.1 Å². The summed E-state index contributed by atoms with van der Waals surface area (Å²) in [5.41, 5.74) is 2.50. The zero-order valence-electron chi connectivity index (χ0n) is 18.5. The fraction of sp³-hybridized carbons (Fsp3) is 0.364. The average Bonchev–Trinajstić information content (AvgIpc) is 3.39. The van der Waals surface area contributed by atoms with Gasteiger partial charge in [-0.2, -0.15) is 15.0 Å². The summed E-state index contributed by atoms with van der Waals surface area (Å²) in [4.78, 5) is 8.95. The number of pyridine rings is 2. The zero-order chi connectivity index (χ0) is 22.9. The smallest absolute Gasteiger partial charge is 0.164 e. The Morgan fingerprint density at radius 3 is 2.75 bits per heavy atom. The van der Waals surface area contributed by atoms with Crippen molar-refractivity contribution >= 4 is 16.7 Å². The van der Waals surface area contributed by atoms with Gasteiger partial charge in [0.05, 0.1) is 41.1 Å². The van der Waals surface area contributed by atoms with E-state index in [1.54, 1.807) is 40.9 Å². The molecule has 4 aromatic rings. The zero-order valence-corrected chi connectivity index (χ0v) is 18.5. The van der Waals surface area contributed by atoms with Crippen molar-refractivity contribution in [1.82, 2.24) is 34.7 Å². The van der Waals surface area contributed by atoms with E-state index in [1.165, 1.54) is 6.20 Å². The van der Waals surface area contributed by atoms with Crippen molar-refractivity contribution in [2.75, 3.05) is 5.32 Å². The van der Waals surface area contributed by atoms with E-state index in [4.69, 9.17) is 5.26 Å². The molecule has 4 rings (SSSR count). The third kappa shape index (κ3) is 4.29. The third-order valence-corrected chi connectivity index (χ3v) is 5.18. The topological polar surface area (TPSA) is 130 Å². The van der Waals surface area contributed by atoms with E-state index in [9.17, 15) is 5.11 Å². The van der Waals surface area contributed by atoms with E-state index in [1.807, 2.05) is 26.8 Å².